The van der Waals surface area contributed by atoms with Crippen molar-refractivity contribution in [2.75, 3.05) is 62.2 Å². The maximum Gasteiger partial charge on any atom is 0.433 e. The monoisotopic (exact) mass is 631 g/mol. The van der Waals surface area contributed by atoms with Crippen molar-refractivity contribution in [3.63, 3.8) is 0 Å². The van der Waals surface area contributed by atoms with Crippen molar-refractivity contribution >= 4 is 28.9 Å². The number of hydrogen-bond acceptors (Lipinski definition) is 6. The minimum Gasteiger partial charge on any atom is -0.462 e. The summed E-state index contributed by atoms with van der Waals surface area (Å²) in [5.41, 5.74) is 2.65. The van der Waals surface area contributed by atoms with E-state index in [-0.39, 0.29) is 18.6 Å². The third kappa shape index (κ3) is 7.34. The molecule has 3 heterocycles. The number of benzene rings is 2. The van der Waals surface area contributed by atoms with E-state index in [1.807, 2.05) is 18.2 Å². The van der Waals surface area contributed by atoms with Gasteiger partial charge in [0, 0.05) is 67.8 Å². The number of piperidine rings is 1. The lowest BCUT2D eigenvalue weighted by atomic mass is 9.95. The maximum absolute atomic E-state index is 14.2. The number of hydrogen-bond donors (Lipinski definition) is 0. The Kier molecular flexibility index (Phi) is 9.51. The molecule has 44 heavy (non-hydrogen) atoms. The molecule has 0 amide bonds. The van der Waals surface area contributed by atoms with E-state index in [0.29, 0.717) is 24.4 Å². The molecule has 1 unspecified atom stereocenters. The molecular weight excluding hydrogens is 591 g/mol. The van der Waals surface area contributed by atoms with Gasteiger partial charge in [-0.1, -0.05) is 50.6 Å². The van der Waals surface area contributed by atoms with Gasteiger partial charge in [-0.25, -0.2) is 4.79 Å². The van der Waals surface area contributed by atoms with E-state index < -0.39 is 29.4 Å². The first kappa shape index (κ1) is 32.2. The highest BCUT2D eigenvalue weighted by molar-refractivity contribution is 6.31. The van der Waals surface area contributed by atoms with Crippen molar-refractivity contribution in [2.45, 2.75) is 52.8 Å². The lowest BCUT2D eigenvalue weighted by Gasteiger charge is -2.39. The van der Waals surface area contributed by atoms with E-state index >= 15 is 0 Å². The molecule has 0 radical (unpaired) electrons. The Morgan fingerprint density at radius 2 is 1.70 bits per heavy atom. The highest BCUT2D eigenvalue weighted by Crippen LogP contribution is 2.40. The summed E-state index contributed by atoms with van der Waals surface area (Å²) in [6, 6.07) is 13.6. The molecule has 1 aromatic heterocycles. The number of carbonyl (C=O) groups is 1. The van der Waals surface area contributed by atoms with Crippen molar-refractivity contribution in [3.05, 3.63) is 64.9 Å². The van der Waals surface area contributed by atoms with Crippen LogP contribution in [0.25, 0.3) is 11.1 Å². The minimum absolute atomic E-state index is 0.0227. The summed E-state index contributed by atoms with van der Waals surface area (Å²) in [6.07, 6.45) is -2.64. The van der Waals surface area contributed by atoms with Gasteiger partial charge < -0.3 is 14.5 Å². The zero-order chi connectivity index (χ0) is 31.6. The third-order valence-electron chi connectivity index (χ3n) is 8.22. The molecule has 0 bridgehead atoms. The summed E-state index contributed by atoms with van der Waals surface area (Å²) in [4.78, 5) is 19.3. The fraction of sp³-hybridized carbons (Fsp3) is 0.515. The van der Waals surface area contributed by atoms with Crippen molar-refractivity contribution in [2.24, 2.45) is 5.41 Å². The number of halogens is 4. The summed E-state index contributed by atoms with van der Waals surface area (Å²) in [7, 11) is 0. The molecule has 0 spiro atoms. The number of piperazine rings is 1. The van der Waals surface area contributed by atoms with E-state index in [0.717, 1.165) is 60.4 Å². The van der Waals surface area contributed by atoms with Crippen molar-refractivity contribution in [1.29, 1.82) is 0 Å². The van der Waals surface area contributed by atoms with Crippen molar-refractivity contribution in [1.82, 2.24) is 14.7 Å². The number of anilines is 2. The molecule has 5 rings (SSSR count). The van der Waals surface area contributed by atoms with Crippen LogP contribution in [0.2, 0.25) is 5.02 Å². The Morgan fingerprint density at radius 3 is 2.34 bits per heavy atom. The van der Waals surface area contributed by atoms with Crippen LogP contribution in [0.5, 0.6) is 0 Å². The van der Waals surface area contributed by atoms with Crippen LogP contribution in [0.15, 0.2) is 48.7 Å². The molecule has 2 saturated heterocycles. The van der Waals surface area contributed by atoms with Gasteiger partial charge in [0.2, 0.25) is 0 Å². The lowest BCUT2D eigenvalue weighted by molar-refractivity contribution is -0.145. The SMILES string of the molecule is CCOC(=O)c1cnn(C2CCCN(c3cc(Cl)ccc3-c3ccc(N4CCN(CC(C)(C)C)CC4)cc3)C2)c1C(F)(F)F. The quantitative estimate of drug-likeness (QED) is 0.253. The first-order chi connectivity index (χ1) is 20.8. The smallest absolute Gasteiger partial charge is 0.433 e. The van der Waals surface area contributed by atoms with Crippen LogP contribution in [-0.4, -0.2) is 73.1 Å². The first-order valence-corrected chi connectivity index (χ1v) is 15.7. The van der Waals surface area contributed by atoms with E-state index in [2.05, 4.69) is 64.8 Å². The molecule has 238 valence electrons. The summed E-state index contributed by atoms with van der Waals surface area (Å²) in [5.74, 6) is -1.02. The van der Waals surface area contributed by atoms with Crippen LogP contribution in [0.4, 0.5) is 24.5 Å². The molecule has 2 aliphatic heterocycles. The Hall–Kier alpha value is -3.24. The van der Waals surface area contributed by atoms with E-state index in [4.69, 9.17) is 16.3 Å². The van der Waals surface area contributed by atoms with Gasteiger partial charge in [0.25, 0.3) is 0 Å². The number of ether oxygens (including phenoxy) is 1. The number of alkyl halides is 3. The fourth-order valence-electron chi connectivity index (χ4n) is 6.35. The van der Waals surface area contributed by atoms with Gasteiger partial charge in [-0.05, 0) is 55.0 Å². The molecule has 11 heteroatoms. The summed E-state index contributed by atoms with van der Waals surface area (Å²) >= 11 is 6.45. The molecular formula is C33H41ClF3N5O2. The van der Waals surface area contributed by atoms with E-state index in [1.165, 1.54) is 5.69 Å². The van der Waals surface area contributed by atoms with Gasteiger partial charge in [-0.2, -0.15) is 18.3 Å². The maximum atomic E-state index is 14.2. The largest absolute Gasteiger partial charge is 0.462 e. The van der Waals surface area contributed by atoms with Crippen LogP contribution in [-0.2, 0) is 10.9 Å². The second-order valence-electron chi connectivity index (χ2n) is 12.8. The number of rotatable bonds is 7. The third-order valence-corrected chi connectivity index (χ3v) is 8.45. The summed E-state index contributed by atoms with van der Waals surface area (Å²) in [6.45, 7) is 14.4. The average Bonchev–Trinajstić information content (AvgIpc) is 3.44. The van der Waals surface area contributed by atoms with E-state index in [9.17, 15) is 18.0 Å². The van der Waals surface area contributed by atoms with E-state index in [1.54, 1.807) is 6.92 Å². The van der Waals surface area contributed by atoms with Crippen LogP contribution in [0.1, 0.15) is 62.6 Å². The van der Waals surface area contributed by atoms with Gasteiger partial charge in [0.15, 0.2) is 5.69 Å². The zero-order valence-electron chi connectivity index (χ0n) is 25.8. The normalized spacial score (nSPS) is 18.5. The second-order valence-corrected chi connectivity index (χ2v) is 13.3. The van der Waals surface area contributed by atoms with Crippen LogP contribution in [0.3, 0.4) is 0 Å². The lowest BCUT2D eigenvalue weighted by Crippen LogP contribution is -2.48. The van der Waals surface area contributed by atoms with Crippen LogP contribution in [0, 0.1) is 5.41 Å². The predicted octanol–water partition coefficient (Wildman–Crippen LogP) is 7.41. The predicted molar refractivity (Wildman–Crippen MR) is 169 cm³/mol. The number of nitrogens with zero attached hydrogens (tertiary/aromatic N) is 5. The van der Waals surface area contributed by atoms with Gasteiger partial charge in [0.05, 0.1) is 18.8 Å². The summed E-state index contributed by atoms with van der Waals surface area (Å²) < 4.78 is 48.4. The molecule has 0 N–H and O–H groups in total. The standard InChI is InChI=1S/C33H41ClF3N5O2/c1-5-44-31(43)28-20-38-42(30(28)33(35,36)37)26-7-6-14-41(21-26)29-19-24(34)10-13-27(29)23-8-11-25(12-9-23)40-17-15-39(16-18-40)22-32(2,3)4/h8-13,19-20,26H,5-7,14-18,21-22H2,1-4H3. The molecule has 2 aromatic carbocycles. The van der Waals surface area contributed by atoms with Gasteiger partial charge in [-0.3, -0.25) is 9.58 Å². The summed E-state index contributed by atoms with van der Waals surface area (Å²) in [5, 5.41) is 4.60. The van der Waals surface area contributed by atoms with Gasteiger partial charge in [-0.15, -0.1) is 0 Å². The van der Waals surface area contributed by atoms with Crippen molar-refractivity contribution in [3.8, 4) is 11.1 Å². The minimum atomic E-state index is -4.76. The molecule has 3 aromatic rings. The Balaban J connectivity index is 1.36. The molecule has 1 atom stereocenters. The highest BCUT2D eigenvalue weighted by Gasteiger charge is 2.42. The first-order valence-electron chi connectivity index (χ1n) is 15.3. The number of esters is 1. The topological polar surface area (TPSA) is 53.8 Å². The second kappa shape index (κ2) is 13.0. The van der Waals surface area contributed by atoms with Crippen molar-refractivity contribution < 1.29 is 22.7 Å². The highest BCUT2D eigenvalue weighted by atomic mass is 35.5. The zero-order valence-corrected chi connectivity index (χ0v) is 26.6. The fourth-order valence-corrected chi connectivity index (χ4v) is 6.52. The Labute approximate surface area is 262 Å². The van der Waals surface area contributed by atoms with Gasteiger partial charge in [0.1, 0.15) is 5.56 Å². The molecule has 0 saturated carbocycles. The molecule has 2 aliphatic rings. The number of aromatic nitrogens is 2. The Morgan fingerprint density at radius 1 is 1.00 bits per heavy atom. The number of carbonyl (C=O) groups excluding carboxylic acids is 1. The van der Waals surface area contributed by atoms with Crippen LogP contribution < -0.4 is 9.80 Å². The molecule has 7 nitrogen and oxygen atoms in total. The Bertz CT molecular complexity index is 1440. The molecule has 2 fully saturated rings. The average molecular weight is 632 g/mol. The molecule has 0 aliphatic carbocycles. The van der Waals surface area contributed by atoms with Gasteiger partial charge >= 0.3 is 12.1 Å². The van der Waals surface area contributed by atoms with Crippen LogP contribution >= 0.6 is 11.6 Å².